The maximum atomic E-state index is 9.48. The summed E-state index contributed by atoms with van der Waals surface area (Å²) >= 11 is 6.34. The minimum absolute atomic E-state index is 0.225. The zero-order valence-corrected chi connectivity index (χ0v) is 19.3. The van der Waals surface area contributed by atoms with Crippen molar-refractivity contribution in [3.63, 3.8) is 0 Å². The van der Waals surface area contributed by atoms with Crippen molar-refractivity contribution in [2.75, 3.05) is 66.7 Å². The predicted molar refractivity (Wildman–Crippen MR) is 134 cm³/mol. The molecule has 0 saturated carbocycles. The van der Waals surface area contributed by atoms with E-state index in [2.05, 4.69) is 54.5 Å². The summed E-state index contributed by atoms with van der Waals surface area (Å²) in [5.74, 6) is 1.01. The van der Waals surface area contributed by atoms with Gasteiger partial charge in [-0.05, 0) is 55.6 Å². The number of aromatic nitrogens is 2. The van der Waals surface area contributed by atoms with Crippen LogP contribution in [-0.4, -0.2) is 72.4 Å². The highest BCUT2D eigenvalue weighted by molar-refractivity contribution is 6.32. The second kappa shape index (κ2) is 9.43. The lowest BCUT2D eigenvalue weighted by atomic mass is 10.1. The van der Waals surface area contributed by atoms with Crippen molar-refractivity contribution in [2.24, 2.45) is 0 Å². The van der Waals surface area contributed by atoms with Crippen LogP contribution in [0.4, 0.5) is 34.5 Å². The Labute approximate surface area is 198 Å². The number of aliphatic hydroxyl groups excluding tert-OH is 1. The molecule has 1 aromatic heterocycles. The lowest BCUT2D eigenvalue weighted by molar-refractivity contribution is 0.142. The zero-order chi connectivity index (χ0) is 22.8. The first-order chi connectivity index (χ1) is 16.0. The molecule has 0 unspecified atom stereocenters. The predicted octanol–water partition coefficient (Wildman–Crippen LogP) is 3.55. The molecule has 0 spiro atoms. The average molecular weight is 466 g/mol. The molecule has 9 heteroatoms. The van der Waals surface area contributed by atoms with E-state index in [1.54, 1.807) is 6.20 Å². The molecule has 8 nitrogen and oxygen atoms in total. The largest absolute Gasteiger partial charge is 0.389 e. The van der Waals surface area contributed by atoms with E-state index in [1.165, 1.54) is 5.69 Å². The van der Waals surface area contributed by atoms with E-state index in [1.807, 2.05) is 36.4 Å². The number of hydrogen-bond donors (Lipinski definition) is 3. The van der Waals surface area contributed by atoms with E-state index in [-0.39, 0.29) is 6.10 Å². The molecule has 0 aliphatic carbocycles. The van der Waals surface area contributed by atoms with Gasteiger partial charge in [0.25, 0.3) is 0 Å². The molecule has 2 aliphatic rings. The third kappa shape index (κ3) is 5.13. The molecule has 2 aliphatic heterocycles. The monoisotopic (exact) mass is 465 g/mol. The van der Waals surface area contributed by atoms with Gasteiger partial charge >= 0.3 is 0 Å². The fourth-order valence-corrected chi connectivity index (χ4v) is 4.16. The number of anilines is 6. The van der Waals surface area contributed by atoms with Crippen LogP contribution in [0.2, 0.25) is 5.02 Å². The van der Waals surface area contributed by atoms with Crippen LogP contribution in [-0.2, 0) is 0 Å². The standard InChI is InChI=1S/C24H28ClN7O/c1-30-10-12-31(13-11-30)19-6-4-18(5-7-19)28-24-26-14-22(25)23(29-24)27-17-2-8-20(9-3-17)32-15-21(33)16-32/h2-9,14,21,33H,10-13,15-16H2,1H3,(H2,26,27,28,29). The van der Waals surface area contributed by atoms with E-state index in [0.717, 1.165) is 43.2 Å². The van der Waals surface area contributed by atoms with E-state index in [4.69, 9.17) is 11.6 Å². The molecular formula is C24H28ClN7O. The molecule has 172 valence electrons. The highest BCUT2D eigenvalue weighted by atomic mass is 35.5. The number of halogens is 1. The summed E-state index contributed by atoms with van der Waals surface area (Å²) in [6.07, 6.45) is 1.37. The number of nitrogens with zero attached hydrogens (tertiary/aromatic N) is 5. The van der Waals surface area contributed by atoms with Gasteiger partial charge in [0.2, 0.25) is 5.95 Å². The highest BCUT2D eigenvalue weighted by Crippen LogP contribution is 2.28. The van der Waals surface area contributed by atoms with Crippen LogP contribution in [0.15, 0.2) is 54.7 Å². The number of benzene rings is 2. The molecule has 0 radical (unpaired) electrons. The fourth-order valence-electron chi connectivity index (χ4n) is 4.02. The van der Waals surface area contributed by atoms with Gasteiger partial charge in [-0.15, -0.1) is 0 Å². The smallest absolute Gasteiger partial charge is 0.229 e. The van der Waals surface area contributed by atoms with Crippen molar-refractivity contribution < 1.29 is 5.11 Å². The van der Waals surface area contributed by atoms with Crippen LogP contribution in [0, 0.1) is 0 Å². The number of rotatable bonds is 6. The van der Waals surface area contributed by atoms with Crippen LogP contribution in [0.1, 0.15) is 0 Å². The number of likely N-dealkylation sites (N-methyl/N-ethyl adjacent to an activating group) is 1. The summed E-state index contributed by atoms with van der Waals surface area (Å²) in [6.45, 7) is 5.60. The Hall–Kier alpha value is -3.07. The maximum Gasteiger partial charge on any atom is 0.229 e. The summed E-state index contributed by atoms with van der Waals surface area (Å²) < 4.78 is 0. The van der Waals surface area contributed by atoms with E-state index in [0.29, 0.717) is 29.9 Å². The van der Waals surface area contributed by atoms with Crippen LogP contribution < -0.4 is 20.4 Å². The molecular weight excluding hydrogens is 438 g/mol. The number of nitrogens with one attached hydrogen (secondary N) is 2. The Balaban J connectivity index is 1.23. The number of hydrogen-bond acceptors (Lipinski definition) is 8. The van der Waals surface area contributed by atoms with Crippen LogP contribution >= 0.6 is 11.6 Å². The highest BCUT2D eigenvalue weighted by Gasteiger charge is 2.24. The van der Waals surface area contributed by atoms with Crippen LogP contribution in [0.25, 0.3) is 0 Å². The molecule has 3 N–H and O–H groups in total. The van der Waals surface area contributed by atoms with Crippen molar-refractivity contribution in [3.05, 3.63) is 59.8 Å². The first kappa shape index (κ1) is 21.8. The van der Waals surface area contributed by atoms with E-state index < -0.39 is 0 Å². The molecule has 33 heavy (non-hydrogen) atoms. The van der Waals surface area contributed by atoms with Gasteiger partial charge in [-0.1, -0.05) is 11.6 Å². The minimum atomic E-state index is -0.225. The van der Waals surface area contributed by atoms with Crippen molar-refractivity contribution >= 4 is 46.1 Å². The average Bonchev–Trinajstić information content (AvgIpc) is 2.81. The molecule has 0 bridgehead atoms. The number of piperazine rings is 1. The summed E-state index contributed by atoms with van der Waals surface area (Å²) in [5.41, 5.74) is 4.11. The Bertz CT molecular complexity index is 1080. The first-order valence-electron chi connectivity index (χ1n) is 11.2. The number of β-amino-alcohol motifs (C(OH)–C–C–N with tert-alkyl or cyclic N) is 1. The molecule has 3 aromatic rings. The minimum Gasteiger partial charge on any atom is -0.389 e. The van der Waals surface area contributed by atoms with Gasteiger partial charge in [0.05, 0.1) is 12.3 Å². The van der Waals surface area contributed by atoms with Crippen molar-refractivity contribution in [3.8, 4) is 0 Å². The molecule has 2 saturated heterocycles. The molecule has 0 atom stereocenters. The van der Waals surface area contributed by atoms with Gasteiger partial charge in [0.15, 0.2) is 5.82 Å². The zero-order valence-electron chi connectivity index (χ0n) is 18.6. The first-order valence-corrected chi connectivity index (χ1v) is 11.5. The lowest BCUT2D eigenvalue weighted by Gasteiger charge is -2.37. The summed E-state index contributed by atoms with van der Waals surface area (Å²) in [4.78, 5) is 15.8. The molecule has 0 amide bonds. The fraction of sp³-hybridized carbons (Fsp3) is 0.333. The summed E-state index contributed by atoms with van der Waals surface area (Å²) in [5, 5.41) is 16.4. The third-order valence-corrected chi connectivity index (χ3v) is 6.37. The quantitative estimate of drug-likeness (QED) is 0.510. The van der Waals surface area contributed by atoms with Gasteiger partial charge in [-0.25, -0.2) is 4.98 Å². The van der Waals surface area contributed by atoms with Crippen molar-refractivity contribution in [1.82, 2.24) is 14.9 Å². The Morgan fingerprint density at radius 3 is 2.03 bits per heavy atom. The van der Waals surface area contributed by atoms with Crippen LogP contribution in [0.5, 0.6) is 0 Å². The van der Waals surface area contributed by atoms with Gasteiger partial charge in [0.1, 0.15) is 5.02 Å². The maximum absolute atomic E-state index is 9.48. The topological polar surface area (TPSA) is 79.8 Å². The van der Waals surface area contributed by atoms with Gasteiger partial charge in [0, 0.05) is 62.0 Å². The summed E-state index contributed by atoms with van der Waals surface area (Å²) in [7, 11) is 2.16. The van der Waals surface area contributed by atoms with Crippen molar-refractivity contribution in [2.45, 2.75) is 6.10 Å². The van der Waals surface area contributed by atoms with E-state index >= 15 is 0 Å². The number of aliphatic hydroxyl groups is 1. The normalized spacial score (nSPS) is 17.1. The second-order valence-electron chi connectivity index (χ2n) is 8.58. The van der Waals surface area contributed by atoms with Gasteiger partial charge in [-0.3, -0.25) is 0 Å². The molecule has 3 heterocycles. The second-order valence-corrected chi connectivity index (χ2v) is 8.99. The third-order valence-electron chi connectivity index (χ3n) is 6.09. The molecule has 5 rings (SSSR count). The molecule has 2 fully saturated rings. The Kier molecular flexibility index (Phi) is 6.22. The SMILES string of the molecule is CN1CCN(c2ccc(Nc3ncc(Cl)c(Nc4ccc(N5CC(O)C5)cc4)n3)cc2)CC1. The van der Waals surface area contributed by atoms with Gasteiger partial charge < -0.3 is 30.4 Å². The lowest BCUT2D eigenvalue weighted by Crippen LogP contribution is -2.50. The Morgan fingerprint density at radius 2 is 1.42 bits per heavy atom. The van der Waals surface area contributed by atoms with E-state index in [9.17, 15) is 5.11 Å². The molecule has 2 aromatic carbocycles. The van der Waals surface area contributed by atoms with Gasteiger partial charge in [-0.2, -0.15) is 4.98 Å². The van der Waals surface area contributed by atoms with Crippen LogP contribution in [0.3, 0.4) is 0 Å². The summed E-state index contributed by atoms with van der Waals surface area (Å²) in [6, 6.07) is 16.3. The Morgan fingerprint density at radius 1 is 0.848 bits per heavy atom. The van der Waals surface area contributed by atoms with Crippen molar-refractivity contribution in [1.29, 1.82) is 0 Å².